The van der Waals surface area contributed by atoms with Crippen molar-refractivity contribution in [3.05, 3.63) is 90.0 Å². The van der Waals surface area contributed by atoms with Gasteiger partial charge in [0.25, 0.3) is 0 Å². The van der Waals surface area contributed by atoms with E-state index in [1.54, 1.807) is 12.1 Å². The zero-order valence-corrected chi connectivity index (χ0v) is 16.7. The number of aromatic carboxylic acids is 1. The molecular formula is C24H22N4O2. The number of aryl methyl sites for hydroxylation is 1. The van der Waals surface area contributed by atoms with E-state index in [1.807, 2.05) is 59.3 Å². The Balaban J connectivity index is 1.61. The summed E-state index contributed by atoms with van der Waals surface area (Å²) in [7, 11) is 0. The smallest absolute Gasteiger partial charge is 0.355 e. The number of rotatable bonds is 7. The molecular weight excluding hydrogens is 376 g/mol. The summed E-state index contributed by atoms with van der Waals surface area (Å²) >= 11 is 0. The van der Waals surface area contributed by atoms with Crippen LogP contribution in [0, 0.1) is 0 Å². The van der Waals surface area contributed by atoms with Crippen LogP contribution in [-0.2, 0) is 13.0 Å². The van der Waals surface area contributed by atoms with Gasteiger partial charge in [0.05, 0.1) is 6.54 Å². The number of pyridine rings is 1. The van der Waals surface area contributed by atoms with Crippen LogP contribution in [0.25, 0.3) is 22.5 Å². The Morgan fingerprint density at radius 1 is 0.967 bits per heavy atom. The highest BCUT2D eigenvalue weighted by Gasteiger charge is 2.14. The average molecular weight is 398 g/mol. The molecule has 2 aromatic heterocycles. The normalized spacial score (nSPS) is 10.8. The SMILES string of the molecule is CCCc1nc(-c2ccccc2)nn1Cc1ccc(-c2cccnc2C(=O)O)cc1. The van der Waals surface area contributed by atoms with Crippen molar-refractivity contribution in [1.29, 1.82) is 0 Å². The lowest BCUT2D eigenvalue weighted by atomic mass is 10.0. The van der Waals surface area contributed by atoms with Crippen molar-refractivity contribution >= 4 is 5.97 Å². The van der Waals surface area contributed by atoms with Gasteiger partial charge in [0.15, 0.2) is 11.5 Å². The van der Waals surface area contributed by atoms with Gasteiger partial charge >= 0.3 is 5.97 Å². The summed E-state index contributed by atoms with van der Waals surface area (Å²) in [6.45, 7) is 2.73. The Kier molecular flexibility index (Phi) is 5.66. The van der Waals surface area contributed by atoms with Crippen LogP contribution in [0.5, 0.6) is 0 Å². The van der Waals surface area contributed by atoms with Crippen LogP contribution in [-0.4, -0.2) is 30.8 Å². The van der Waals surface area contributed by atoms with E-state index < -0.39 is 5.97 Å². The minimum Gasteiger partial charge on any atom is -0.476 e. The maximum absolute atomic E-state index is 11.4. The molecule has 0 aliphatic heterocycles. The number of carboxylic acids is 1. The number of hydrogen-bond acceptors (Lipinski definition) is 4. The van der Waals surface area contributed by atoms with Gasteiger partial charge < -0.3 is 5.11 Å². The summed E-state index contributed by atoms with van der Waals surface area (Å²) in [6.07, 6.45) is 3.34. The molecule has 30 heavy (non-hydrogen) atoms. The van der Waals surface area contributed by atoms with Gasteiger partial charge in [-0.1, -0.05) is 67.6 Å². The number of benzene rings is 2. The molecule has 6 nitrogen and oxygen atoms in total. The predicted molar refractivity (Wildman–Crippen MR) is 115 cm³/mol. The van der Waals surface area contributed by atoms with Gasteiger partial charge in [0.1, 0.15) is 5.82 Å². The fourth-order valence-electron chi connectivity index (χ4n) is 3.39. The van der Waals surface area contributed by atoms with Gasteiger partial charge in [-0.05, 0) is 23.6 Å². The van der Waals surface area contributed by atoms with Crippen molar-refractivity contribution in [1.82, 2.24) is 19.7 Å². The molecule has 4 rings (SSSR count). The summed E-state index contributed by atoms with van der Waals surface area (Å²) in [6, 6.07) is 21.3. The second-order valence-corrected chi connectivity index (χ2v) is 7.03. The molecule has 1 N–H and O–H groups in total. The van der Waals surface area contributed by atoms with Gasteiger partial charge in [0, 0.05) is 23.7 Å². The highest BCUT2D eigenvalue weighted by atomic mass is 16.4. The van der Waals surface area contributed by atoms with E-state index in [0.717, 1.165) is 41.2 Å². The second-order valence-electron chi connectivity index (χ2n) is 7.03. The number of nitrogens with zero attached hydrogens (tertiary/aromatic N) is 4. The first kappa shape index (κ1) is 19.5. The Hall–Kier alpha value is -3.80. The number of hydrogen-bond donors (Lipinski definition) is 1. The molecule has 0 spiro atoms. The van der Waals surface area contributed by atoms with Gasteiger partial charge in [-0.25, -0.2) is 19.4 Å². The number of carboxylic acid groups (broad SMARTS) is 1. The van der Waals surface area contributed by atoms with Crippen LogP contribution >= 0.6 is 0 Å². The zero-order valence-electron chi connectivity index (χ0n) is 16.7. The lowest BCUT2D eigenvalue weighted by Crippen LogP contribution is -2.07. The van der Waals surface area contributed by atoms with Crippen molar-refractivity contribution in [2.45, 2.75) is 26.3 Å². The van der Waals surface area contributed by atoms with Crippen LogP contribution in [0.1, 0.15) is 35.2 Å². The maximum atomic E-state index is 11.4. The zero-order chi connectivity index (χ0) is 20.9. The standard InChI is InChI=1S/C24H22N4O2/c1-2-7-21-26-23(19-8-4-3-5-9-19)27-28(21)16-17-11-13-18(14-12-17)20-10-6-15-25-22(20)24(29)30/h3-6,8-15H,2,7,16H2,1H3,(H,29,30). The largest absolute Gasteiger partial charge is 0.476 e. The molecule has 0 amide bonds. The van der Waals surface area contributed by atoms with E-state index in [0.29, 0.717) is 12.1 Å². The van der Waals surface area contributed by atoms with Crippen molar-refractivity contribution in [3.8, 4) is 22.5 Å². The van der Waals surface area contributed by atoms with E-state index in [9.17, 15) is 9.90 Å². The minimum absolute atomic E-state index is 0.0549. The molecule has 0 saturated carbocycles. The van der Waals surface area contributed by atoms with Gasteiger partial charge in [0.2, 0.25) is 0 Å². The van der Waals surface area contributed by atoms with Gasteiger partial charge in [-0.15, -0.1) is 0 Å². The number of aromatic nitrogens is 4. The van der Waals surface area contributed by atoms with Crippen molar-refractivity contribution < 1.29 is 9.90 Å². The van der Waals surface area contributed by atoms with Crippen molar-refractivity contribution in [3.63, 3.8) is 0 Å². The molecule has 0 atom stereocenters. The lowest BCUT2D eigenvalue weighted by molar-refractivity contribution is 0.0691. The molecule has 2 heterocycles. The van der Waals surface area contributed by atoms with Crippen molar-refractivity contribution in [2.24, 2.45) is 0 Å². The van der Waals surface area contributed by atoms with Crippen LogP contribution < -0.4 is 0 Å². The Morgan fingerprint density at radius 2 is 1.73 bits per heavy atom. The average Bonchev–Trinajstić information content (AvgIpc) is 3.17. The van der Waals surface area contributed by atoms with E-state index in [-0.39, 0.29) is 5.69 Å². The first-order valence-corrected chi connectivity index (χ1v) is 9.92. The minimum atomic E-state index is -1.03. The lowest BCUT2D eigenvalue weighted by Gasteiger charge is -2.08. The molecule has 4 aromatic rings. The first-order chi connectivity index (χ1) is 14.7. The van der Waals surface area contributed by atoms with E-state index in [1.165, 1.54) is 6.20 Å². The van der Waals surface area contributed by atoms with E-state index in [4.69, 9.17) is 10.1 Å². The van der Waals surface area contributed by atoms with Crippen LogP contribution in [0.3, 0.4) is 0 Å². The summed E-state index contributed by atoms with van der Waals surface area (Å²) in [5.41, 5.74) is 3.55. The predicted octanol–water partition coefficient (Wildman–Crippen LogP) is 4.71. The quantitative estimate of drug-likeness (QED) is 0.488. The van der Waals surface area contributed by atoms with Crippen LogP contribution in [0.15, 0.2) is 72.9 Å². The van der Waals surface area contributed by atoms with Crippen molar-refractivity contribution in [2.75, 3.05) is 0 Å². The van der Waals surface area contributed by atoms with Crippen LogP contribution in [0.2, 0.25) is 0 Å². The Morgan fingerprint density at radius 3 is 2.43 bits per heavy atom. The molecule has 6 heteroatoms. The third-order valence-electron chi connectivity index (χ3n) is 4.86. The fraction of sp³-hybridized carbons (Fsp3) is 0.167. The first-order valence-electron chi connectivity index (χ1n) is 9.92. The highest BCUT2D eigenvalue weighted by molar-refractivity contribution is 5.93. The molecule has 0 unspecified atom stereocenters. The summed E-state index contributed by atoms with van der Waals surface area (Å²) in [5, 5.41) is 14.1. The molecule has 0 saturated heterocycles. The maximum Gasteiger partial charge on any atom is 0.355 e. The Labute approximate surface area is 174 Å². The fourth-order valence-corrected chi connectivity index (χ4v) is 3.39. The molecule has 0 bridgehead atoms. The third-order valence-corrected chi connectivity index (χ3v) is 4.86. The second kappa shape index (κ2) is 8.69. The molecule has 0 aliphatic carbocycles. The highest BCUT2D eigenvalue weighted by Crippen LogP contribution is 2.23. The molecule has 0 aliphatic rings. The molecule has 0 radical (unpaired) electrons. The summed E-state index contributed by atoms with van der Waals surface area (Å²) in [5.74, 6) is 0.660. The molecule has 2 aromatic carbocycles. The van der Waals surface area contributed by atoms with E-state index in [2.05, 4.69) is 11.9 Å². The Bertz CT molecular complexity index is 1150. The summed E-state index contributed by atoms with van der Waals surface area (Å²) < 4.78 is 1.95. The van der Waals surface area contributed by atoms with E-state index >= 15 is 0 Å². The molecule has 150 valence electrons. The van der Waals surface area contributed by atoms with Gasteiger partial charge in [-0.2, -0.15) is 5.10 Å². The molecule has 0 fully saturated rings. The number of carbonyl (C=O) groups is 1. The van der Waals surface area contributed by atoms with Crippen LogP contribution in [0.4, 0.5) is 0 Å². The monoisotopic (exact) mass is 398 g/mol. The summed E-state index contributed by atoms with van der Waals surface area (Å²) in [4.78, 5) is 20.2. The van der Waals surface area contributed by atoms with Gasteiger partial charge in [-0.3, -0.25) is 0 Å². The third kappa shape index (κ3) is 4.12. The topological polar surface area (TPSA) is 80.9 Å².